The molecule has 104 valence electrons. The molecule has 1 N–H and O–H groups in total. The Morgan fingerprint density at radius 1 is 1.26 bits per heavy atom. The number of ether oxygens (including phenoxy) is 1. The van der Waals surface area contributed by atoms with Crippen molar-refractivity contribution in [1.82, 2.24) is 9.88 Å². The number of nitrogens with zero attached hydrogens (tertiary/aromatic N) is 1. The summed E-state index contributed by atoms with van der Waals surface area (Å²) in [6.07, 6.45) is 2.10. The Bertz CT molecular complexity index is 516. The SMILES string of the molecule is CCOCn1ccc2cccc(CNCC(C)C)c21. The lowest BCUT2D eigenvalue weighted by molar-refractivity contribution is 0.0908. The molecule has 3 heteroatoms. The molecule has 2 rings (SSSR count). The van der Waals surface area contributed by atoms with Gasteiger partial charge < -0.3 is 14.6 Å². The van der Waals surface area contributed by atoms with E-state index in [1.165, 1.54) is 16.5 Å². The van der Waals surface area contributed by atoms with Crippen molar-refractivity contribution in [2.75, 3.05) is 13.2 Å². The van der Waals surface area contributed by atoms with E-state index in [0.29, 0.717) is 12.6 Å². The Labute approximate surface area is 115 Å². The van der Waals surface area contributed by atoms with Crippen molar-refractivity contribution in [3.8, 4) is 0 Å². The summed E-state index contributed by atoms with van der Waals surface area (Å²) in [7, 11) is 0. The van der Waals surface area contributed by atoms with Crippen molar-refractivity contribution in [1.29, 1.82) is 0 Å². The Morgan fingerprint density at radius 2 is 2.11 bits per heavy atom. The predicted molar refractivity (Wildman–Crippen MR) is 80.1 cm³/mol. The summed E-state index contributed by atoms with van der Waals surface area (Å²) in [6, 6.07) is 8.63. The van der Waals surface area contributed by atoms with Gasteiger partial charge in [0.2, 0.25) is 0 Å². The summed E-state index contributed by atoms with van der Waals surface area (Å²) >= 11 is 0. The van der Waals surface area contributed by atoms with Gasteiger partial charge in [0, 0.05) is 19.3 Å². The van der Waals surface area contributed by atoms with Crippen LogP contribution in [0, 0.1) is 5.92 Å². The fraction of sp³-hybridized carbons (Fsp3) is 0.500. The number of hydrogen-bond donors (Lipinski definition) is 1. The smallest absolute Gasteiger partial charge is 0.122 e. The Hall–Kier alpha value is -1.32. The Kier molecular flexibility index (Phi) is 5.00. The highest BCUT2D eigenvalue weighted by Crippen LogP contribution is 2.20. The van der Waals surface area contributed by atoms with Crippen molar-refractivity contribution in [2.24, 2.45) is 5.92 Å². The molecule has 1 aromatic carbocycles. The molecule has 0 aliphatic carbocycles. The second-order valence-corrected chi connectivity index (χ2v) is 5.29. The van der Waals surface area contributed by atoms with E-state index in [-0.39, 0.29) is 0 Å². The van der Waals surface area contributed by atoms with E-state index in [2.05, 4.69) is 54.2 Å². The zero-order valence-electron chi connectivity index (χ0n) is 12.1. The highest BCUT2D eigenvalue weighted by molar-refractivity contribution is 5.83. The first-order valence-electron chi connectivity index (χ1n) is 7.07. The van der Waals surface area contributed by atoms with Gasteiger partial charge in [0.05, 0.1) is 5.52 Å². The molecule has 19 heavy (non-hydrogen) atoms. The largest absolute Gasteiger partial charge is 0.361 e. The summed E-state index contributed by atoms with van der Waals surface area (Å²) in [5.74, 6) is 0.675. The quantitative estimate of drug-likeness (QED) is 0.826. The van der Waals surface area contributed by atoms with Gasteiger partial charge in [0.25, 0.3) is 0 Å². The molecule has 0 unspecified atom stereocenters. The summed E-state index contributed by atoms with van der Waals surface area (Å²) in [5.41, 5.74) is 2.62. The Morgan fingerprint density at radius 3 is 2.84 bits per heavy atom. The third-order valence-electron chi connectivity index (χ3n) is 3.17. The minimum atomic E-state index is 0.626. The first kappa shape index (κ1) is 14.1. The topological polar surface area (TPSA) is 26.2 Å². The van der Waals surface area contributed by atoms with Crippen LogP contribution in [0.4, 0.5) is 0 Å². The van der Waals surface area contributed by atoms with Crippen LogP contribution in [0.15, 0.2) is 30.5 Å². The molecule has 0 amide bonds. The molecule has 0 bridgehead atoms. The summed E-state index contributed by atoms with van der Waals surface area (Å²) in [6.45, 7) is 9.80. The maximum Gasteiger partial charge on any atom is 0.122 e. The monoisotopic (exact) mass is 260 g/mol. The number of nitrogens with one attached hydrogen (secondary N) is 1. The average Bonchev–Trinajstić information content (AvgIpc) is 2.80. The minimum absolute atomic E-state index is 0.626. The van der Waals surface area contributed by atoms with Crippen LogP contribution in [-0.2, 0) is 18.0 Å². The average molecular weight is 260 g/mol. The van der Waals surface area contributed by atoms with Gasteiger partial charge in [-0.05, 0) is 36.4 Å². The predicted octanol–water partition coefficient (Wildman–Crippen LogP) is 3.38. The van der Waals surface area contributed by atoms with Gasteiger partial charge in [0.1, 0.15) is 6.73 Å². The maximum absolute atomic E-state index is 5.53. The second-order valence-electron chi connectivity index (χ2n) is 5.29. The van der Waals surface area contributed by atoms with Crippen LogP contribution < -0.4 is 5.32 Å². The van der Waals surface area contributed by atoms with Crippen LogP contribution in [0.25, 0.3) is 10.9 Å². The lowest BCUT2D eigenvalue weighted by atomic mass is 10.1. The number of hydrogen-bond acceptors (Lipinski definition) is 2. The van der Waals surface area contributed by atoms with Gasteiger partial charge in [-0.2, -0.15) is 0 Å². The normalized spacial score (nSPS) is 11.6. The molecule has 3 nitrogen and oxygen atoms in total. The first-order chi connectivity index (χ1) is 9.22. The van der Waals surface area contributed by atoms with E-state index in [0.717, 1.165) is 19.7 Å². The van der Waals surface area contributed by atoms with Gasteiger partial charge in [-0.15, -0.1) is 0 Å². The van der Waals surface area contributed by atoms with Crippen molar-refractivity contribution in [3.63, 3.8) is 0 Å². The number of fused-ring (bicyclic) bond motifs is 1. The third-order valence-corrected chi connectivity index (χ3v) is 3.17. The highest BCUT2D eigenvalue weighted by Gasteiger charge is 2.06. The van der Waals surface area contributed by atoms with Crippen LogP contribution in [0.1, 0.15) is 26.3 Å². The zero-order valence-corrected chi connectivity index (χ0v) is 12.1. The molecule has 0 atom stereocenters. The van der Waals surface area contributed by atoms with E-state index in [4.69, 9.17) is 4.74 Å². The van der Waals surface area contributed by atoms with E-state index in [1.54, 1.807) is 0 Å². The van der Waals surface area contributed by atoms with E-state index in [1.807, 2.05) is 6.92 Å². The minimum Gasteiger partial charge on any atom is -0.361 e. The van der Waals surface area contributed by atoms with Crippen molar-refractivity contribution >= 4 is 10.9 Å². The third kappa shape index (κ3) is 3.58. The summed E-state index contributed by atoms with van der Waals surface area (Å²) in [4.78, 5) is 0. The van der Waals surface area contributed by atoms with E-state index < -0.39 is 0 Å². The number of para-hydroxylation sites is 1. The molecule has 0 fully saturated rings. The molecule has 0 spiro atoms. The standard InChI is InChI=1S/C16H24N2O/c1-4-19-12-18-9-8-14-6-5-7-15(16(14)18)11-17-10-13(2)3/h5-9,13,17H,4,10-12H2,1-3H3. The molecule has 0 radical (unpaired) electrons. The first-order valence-corrected chi connectivity index (χ1v) is 7.07. The van der Waals surface area contributed by atoms with Crippen LogP contribution in [0.2, 0.25) is 0 Å². The molecule has 2 aromatic rings. The fourth-order valence-corrected chi connectivity index (χ4v) is 2.28. The number of aromatic nitrogens is 1. The van der Waals surface area contributed by atoms with Crippen LogP contribution >= 0.6 is 0 Å². The van der Waals surface area contributed by atoms with Gasteiger partial charge in [-0.3, -0.25) is 0 Å². The van der Waals surface area contributed by atoms with Crippen molar-refractivity contribution in [3.05, 3.63) is 36.0 Å². The molecule has 0 aliphatic rings. The molecule has 0 aliphatic heterocycles. The highest BCUT2D eigenvalue weighted by atomic mass is 16.5. The van der Waals surface area contributed by atoms with Crippen molar-refractivity contribution < 1.29 is 4.74 Å². The molecule has 1 aromatic heterocycles. The number of rotatable bonds is 7. The summed E-state index contributed by atoms with van der Waals surface area (Å²) < 4.78 is 7.71. The molecule has 0 saturated carbocycles. The summed E-state index contributed by atoms with van der Waals surface area (Å²) in [5, 5.41) is 4.79. The lowest BCUT2D eigenvalue weighted by Gasteiger charge is -2.12. The van der Waals surface area contributed by atoms with Crippen molar-refractivity contribution in [2.45, 2.75) is 34.0 Å². The molecular weight excluding hydrogens is 236 g/mol. The second kappa shape index (κ2) is 6.73. The van der Waals surface area contributed by atoms with Crippen LogP contribution in [0.5, 0.6) is 0 Å². The van der Waals surface area contributed by atoms with Gasteiger partial charge in [-0.1, -0.05) is 32.0 Å². The van der Waals surface area contributed by atoms with Crippen LogP contribution in [0.3, 0.4) is 0 Å². The molecule has 0 saturated heterocycles. The maximum atomic E-state index is 5.53. The zero-order chi connectivity index (χ0) is 13.7. The van der Waals surface area contributed by atoms with E-state index >= 15 is 0 Å². The number of benzene rings is 1. The molecular formula is C16H24N2O. The fourth-order valence-electron chi connectivity index (χ4n) is 2.28. The lowest BCUT2D eigenvalue weighted by Crippen LogP contribution is -2.19. The van der Waals surface area contributed by atoms with Gasteiger partial charge >= 0.3 is 0 Å². The van der Waals surface area contributed by atoms with Gasteiger partial charge in [0.15, 0.2) is 0 Å². The van der Waals surface area contributed by atoms with Gasteiger partial charge in [-0.25, -0.2) is 0 Å². The van der Waals surface area contributed by atoms with E-state index in [9.17, 15) is 0 Å². The van der Waals surface area contributed by atoms with Crippen LogP contribution in [-0.4, -0.2) is 17.7 Å². The Balaban J connectivity index is 2.19. The molecule has 1 heterocycles.